The van der Waals surface area contributed by atoms with Crippen LogP contribution in [0, 0.1) is 16.0 Å². The van der Waals surface area contributed by atoms with Crippen LogP contribution in [0.4, 0.5) is 11.4 Å². The monoisotopic (exact) mass is 369 g/mol. The van der Waals surface area contributed by atoms with E-state index in [1.165, 1.54) is 18.2 Å². The fraction of sp³-hybridized carbons (Fsp3) is 0.263. The second kappa shape index (κ2) is 8.31. The third kappa shape index (κ3) is 5.27. The van der Waals surface area contributed by atoms with Crippen LogP contribution in [0.25, 0.3) is 0 Å². The summed E-state index contributed by atoms with van der Waals surface area (Å²) in [6.07, 6.45) is 1.86. The van der Waals surface area contributed by atoms with Crippen molar-refractivity contribution in [1.29, 1.82) is 0 Å². The predicted octanol–water partition coefficient (Wildman–Crippen LogP) is 2.64. The first-order valence-electron chi connectivity index (χ1n) is 8.55. The minimum atomic E-state index is -0.561. The molecule has 2 amide bonds. The van der Waals surface area contributed by atoms with Crippen LogP contribution in [0.2, 0.25) is 0 Å². The van der Waals surface area contributed by atoms with E-state index in [2.05, 4.69) is 10.6 Å². The normalized spacial score (nSPS) is 12.9. The van der Waals surface area contributed by atoms with Crippen molar-refractivity contribution in [3.05, 3.63) is 64.2 Å². The van der Waals surface area contributed by atoms with Gasteiger partial charge in [-0.15, -0.1) is 0 Å². The zero-order valence-corrected chi connectivity index (χ0v) is 14.5. The highest BCUT2D eigenvalue weighted by Crippen LogP contribution is 2.30. The molecule has 0 aromatic heterocycles. The zero-order chi connectivity index (χ0) is 19.2. The minimum absolute atomic E-state index is 0.0223. The Morgan fingerprint density at radius 3 is 2.67 bits per heavy atom. The summed E-state index contributed by atoms with van der Waals surface area (Å²) in [5.41, 5.74) is 1.32. The van der Waals surface area contributed by atoms with Crippen LogP contribution < -0.4 is 15.4 Å². The predicted molar refractivity (Wildman–Crippen MR) is 98.2 cm³/mol. The molecule has 0 unspecified atom stereocenters. The van der Waals surface area contributed by atoms with E-state index in [0.717, 1.165) is 18.4 Å². The van der Waals surface area contributed by atoms with Crippen molar-refractivity contribution >= 4 is 23.2 Å². The largest absolute Gasteiger partial charge is 0.477 e. The van der Waals surface area contributed by atoms with Crippen LogP contribution in [0.15, 0.2) is 48.5 Å². The smallest absolute Gasteiger partial charge is 0.310 e. The SMILES string of the molecule is O=C(COc1ccccc1[N+](=O)[O-])NCc1cccc(NC(=O)C2CC2)c1. The quantitative estimate of drug-likeness (QED) is 0.549. The van der Waals surface area contributed by atoms with Gasteiger partial charge in [-0.3, -0.25) is 19.7 Å². The average Bonchev–Trinajstić information content (AvgIpc) is 3.50. The molecular formula is C19H19N3O5. The molecule has 0 radical (unpaired) electrons. The molecular weight excluding hydrogens is 350 g/mol. The number of anilines is 1. The molecule has 1 aliphatic rings. The van der Waals surface area contributed by atoms with Gasteiger partial charge in [0.1, 0.15) is 0 Å². The number of nitro groups is 1. The summed E-state index contributed by atoms with van der Waals surface area (Å²) in [6, 6.07) is 13.1. The Morgan fingerprint density at radius 1 is 1.15 bits per heavy atom. The number of carbonyl (C=O) groups is 2. The van der Waals surface area contributed by atoms with Gasteiger partial charge in [0, 0.05) is 24.2 Å². The lowest BCUT2D eigenvalue weighted by Crippen LogP contribution is -2.28. The van der Waals surface area contributed by atoms with Crippen molar-refractivity contribution in [1.82, 2.24) is 5.32 Å². The van der Waals surface area contributed by atoms with Crippen molar-refractivity contribution in [3.8, 4) is 5.75 Å². The number of amides is 2. The van der Waals surface area contributed by atoms with E-state index in [-0.39, 0.29) is 36.4 Å². The Bertz CT molecular complexity index is 864. The Kier molecular flexibility index (Phi) is 5.65. The van der Waals surface area contributed by atoms with E-state index in [4.69, 9.17) is 4.74 Å². The summed E-state index contributed by atoms with van der Waals surface area (Å²) < 4.78 is 5.25. The summed E-state index contributed by atoms with van der Waals surface area (Å²) in [5, 5.41) is 16.5. The molecule has 8 heteroatoms. The summed E-state index contributed by atoms with van der Waals surface area (Å²) in [4.78, 5) is 34.1. The van der Waals surface area contributed by atoms with E-state index in [1.807, 2.05) is 6.07 Å². The number of carbonyl (C=O) groups excluding carboxylic acids is 2. The summed E-state index contributed by atoms with van der Waals surface area (Å²) in [7, 11) is 0. The average molecular weight is 369 g/mol. The molecule has 2 aromatic rings. The molecule has 0 atom stereocenters. The third-order valence-corrected chi connectivity index (χ3v) is 4.05. The van der Waals surface area contributed by atoms with Crippen molar-refractivity contribution in [2.45, 2.75) is 19.4 Å². The first-order valence-corrected chi connectivity index (χ1v) is 8.55. The second-order valence-corrected chi connectivity index (χ2v) is 6.25. The van der Waals surface area contributed by atoms with Crippen molar-refractivity contribution < 1.29 is 19.2 Å². The van der Waals surface area contributed by atoms with Crippen LogP contribution in [0.1, 0.15) is 18.4 Å². The van der Waals surface area contributed by atoms with Crippen molar-refractivity contribution in [2.75, 3.05) is 11.9 Å². The summed E-state index contributed by atoms with van der Waals surface area (Å²) >= 11 is 0. The van der Waals surface area contributed by atoms with Crippen molar-refractivity contribution in [3.63, 3.8) is 0 Å². The maximum atomic E-state index is 12.0. The number of nitrogens with one attached hydrogen (secondary N) is 2. The van der Waals surface area contributed by atoms with Crippen LogP contribution in [-0.2, 0) is 16.1 Å². The lowest BCUT2D eigenvalue weighted by molar-refractivity contribution is -0.385. The fourth-order valence-electron chi connectivity index (χ4n) is 2.47. The molecule has 1 saturated carbocycles. The highest BCUT2D eigenvalue weighted by molar-refractivity contribution is 5.94. The zero-order valence-electron chi connectivity index (χ0n) is 14.5. The van der Waals surface area contributed by atoms with Crippen LogP contribution >= 0.6 is 0 Å². The molecule has 2 N–H and O–H groups in total. The lowest BCUT2D eigenvalue weighted by atomic mass is 10.2. The number of benzene rings is 2. The molecule has 0 bridgehead atoms. The van der Waals surface area contributed by atoms with Gasteiger partial charge in [0.15, 0.2) is 12.4 Å². The van der Waals surface area contributed by atoms with Gasteiger partial charge < -0.3 is 15.4 Å². The molecule has 0 heterocycles. The topological polar surface area (TPSA) is 111 Å². The number of ether oxygens (including phenoxy) is 1. The highest BCUT2D eigenvalue weighted by atomic mass is 16.6. The number of hydrogen-bond acceptors (Lipinski definition) is 5. The number of nitro benzene ring substituents is 1. The number of nitrogens with zero attached hydrogens (tertiary/aromatic N) is 1. The van der Waals surface area contributed by atoms with Gasteiger partial charge in [-0.25, -0.2) is 0 Å². The van der Waals surface area contributed by atoms with Gasteiger partial charge in [-0.1, -0.05) is 24.3 Å². The van der Waals surface area contributed by atoms with Crippen molar-refractivity contribution in [2.24, 2.45) is 5.92 Å². The van der Waals surface area contributed by atoms with Gasteiger partial charge in [-0.2, -0.15) is 0 Å². The fourth-order valence-corrected chi connectivity index (χ4v) is 2.47. The van der Waals surface area contributed by atoms with Crippen LogP contribution in [-0.4, -0.2) is 23.3 Å². The molecule has 0 spiro atoms. The lowest BCUT2D eigenvalue weighted by Gasteiger charge is -2.09. The van der Waals surface area contributed by atoms with Gasteiger partial charge in [0.2, 0.25) is 5.91 Å². The van der Waals surface area contributed by atoms with Gasteiger partial charge in [0.05, 0.1) is 4.92 Å². The Hall–Kier alpha value is -3.42. The number of para-hydroxylation sites is 2. The molecule has 27 heavy (non-hydrogen) atoms. The van der Waals surface area contributed by atoms with E-state index < -0.39 is 10.8 Å². The molecule has 2 aromatic carbocycles. The molecule has 1 aliphatic carbocycles. The van der Waals surface area contributed by atoms with E-state index in [0.29, 0.717) is 5.69 Å². The first-order chi connectivity index (χ1) is 13.0. The Morgan fingerprint density at radius 2 is 1.93 bits per heavy atom. The standard InChI is InChI=1S/C19H19N3O5/c23-18(12-27-17-7-2-1-6-16(17)22(25)26)20-11-13-4-3-5-15(10-13)21-19(24)14-8-9-14/h1-7,10,14H,8-9,11-12H2,(H,20,23)(H,21,24). The number of rotatable bonds is 8. The maximum Gasteiger partial charge on any atom is 0.310 e. The first kappa shape index (κ1) is 18.4. The summed E-state index contributed by atoms with van der Waals surface area (Å²) in [5.74, 6) is -0.218. The van der Waals surface area contributed by atoms with E-state index in [9.17, 15) is 19.7 Å². The molecule has 3 rings (SSSR count). The maximum absolute atomic E-state index is 12.0. The van der Waals surface area contributed by atoms with Gasteiger partial charge >= 0.3 is 5.69 Å². The van der Waals surface area contributed by atoms with Gasteiger partial charge in [-0.05, 0) is 36.6 Å². The number of hydrogen-bond donors (Lipinski definition) is 2. The Balaban J connectivity index is 1.49. The third-order valence-electron chi connectivity index (χ3n) is 4.05. The molecule has 0 saturated heterocycles. The molecule has 0 aliphatic heterocycles. The Labute approximate surface area is 155 Å². The minimum Gasteiger partial charge on any atom is -0.477 e. The second-order valence-electron chi connectivity index (χ2n) is 6.25. The summed E-state index contributed by atoms with van der Waals surface area (Å²) in [6.45, 7) is -0.0742. The van der Waals surface area contributed by atoms with Gasteiger partial charge in [0.25, 0.3) is 5.91 Å². The van der Waals surface area contributed by atoms with Crippen LogP contribution in [0.3, 0.4) is 0 Å². The molecule has 140 valence electrons. The van der Waals surface area contributed by atoms with E-state index >= 15 is 0 Å². The highest BCUT2D eigenvalue weighted by Gasteiger charge is 2.29. The van der Waals surface area contributed by atoms with Crippen LogP contribution in [0.5, 0.6) is 5.75 Å². The van der Waals surface area contributed by atoms with E-state index in [1.54, 1.807) is 24.3 Å². The molecule has 1 fully saturated rings. The molecule has 8 nitrogen and oxygen atoms in total.